The Hall–Kier alpha value is -2.24. The van der Waals surface area contributed by atoms with Crippen molar-refractivity contribution in [1.29, 1.82) is 0 Å². The molecule has 126 valence electrons. The number of benzene rings is 2. The lowest BCUT2D eigenvalue weighted by atomic mass is 10.0. The second-order valence-electron chi connectivity index (χ2n) is 5.64. The van der Waals surface area contributed by atoms with E-state index in [-0.39, 0.29) is 11.7 Å². The number of carbonyl (C=O) groups is 2. The fourth-order valence-corrected chi connectivity index (χ4v) is 4.02. The minimum Gasteiger partial charge on any atom is -0.337 e. The number of nitrogens with zero attached hydrogens (tertiary/aromatic N) is 1. The predicted molar refractivity (Wildman–Crippen MR) is 104 cm³/mol. The highest BCUT2D eigenvalue weighted by atomic mass is 79.9. The Morgan fingerprint density at radius 3 is 2.08 bits per heavy atom. The van der Waals surface area contributed by atoms with Crippen molar-refractivity contribution in [2.45, 2.75) is 6.54 Å². The van der Waals surface area contributed by atoms with Crippen LogP contribution in [0.15, 0.2) is 70.5 Å². The van der Waals surface area contributed by atoms with Gasteiger partial charge in [-0.25, -0.2) is 0 Å². The highest BCUT2D eigenvalue weighted by molar-refractivity contribution is 9.11. The van der Waals surface area contributed by atoms with Crippen molar-refractivity contribution < 1.29 is 9.59 Å². The molecule has 25 heavy (non-hydrogen) atoms. The van der Waals surface area contributed by atoms with Gasteiger partial charge in [-0.05, 0) is 40.2 Å². The maximum absolute atomic E-state index is 12.5. The SMILES string of the molecule is CN(Cc1ccc(Br)s1)C(=O)c1ccc(C(=O)c2ccccc2)cc1. The number of ketones is 1. The number of hydrogen-bond donors (Lipinski definition) is 0. The number of carbonyl (C=O) groups excluding carboxylic acids is 2. The number of amides is 1. The van der Waals surface area contributed by atoms with Crippen LogP contribution in [0.4, 0.5) is 0 Å². The molecule has 1 amide bonds. The van der Waals surface area contributed by atoms with E-state index >= 15 is 0 Å². The summed E-state index contributed by atoms with van der Waals surface area (Å²) in [6, 6.07) is 19.9. The lowest BCUT2D eigenvalue weighted by molar-refractivity contribution is 0.0786. The maximum Gasteiger partial charge on any atom is 0.253 e. The van der Waals surface area contributed by atoms with E-state index in [9.17, 15) is 9.59 Å². The van der Waals surface area contributed by atoms with Gasteiger partial charge in [-0.3, -0.25) is 9.59 Å². The summed E-state index contributed by atoms with van der Waals surface area (Å²) in [4.78, 5) is 27.7. The second kappa shape index (κ2) is 7.76. The lowest BCUT2D eigenvalue weighted by Gasteiger charge is -2.16. The average Bonchev–Trinajstić information content (AvgIpc) is 3.06. The van der Waals surface area contributed by atoms with Crippen LogP contribution in [0.3, 0.4) is 0 Å². The van der Waals surface area contributed by atoms with Crippen LogP contribution < -0.4 is 0 Å². The van der Waals surface area contributed by atoms with Crippen molar-refractivity contribution in [3.63, 3.8) is 0 Å². The summed E-state index contributed by atoms with van der Waals surface area (Å²) in [6.07, 6.45) is 0. The number of rotatable bonds is 5. The zero-order valence-corrected chi connectivity index (χ0v) is 16.0. The molecule has 0 bridgehead atoms. The molecule has 0 radical (unpaired) electrons. The smallest absolute Gasteiger partial charge is 0.253 e. The molecule has 1 heterocycles. The molecule has 2 aromatic carbocycles. The Balaban J connectivity index is 1.71. The molecule has 0 N–H and O–H groups in total. The molecule has 0 saturated heterocycles. The topological polar surface area (TPSA) is 37.4 Å². The van der Waals surface area contributed by atoms with Gasteiger partial charge in [0, 0.05) is 28.6 Å². The average molecular weight is 414 g/mol. The molecule has 0 atom stereocenters. The molecular weight excluding hydrogens is 398 g/mol. The van der Waals surface area contributed by atoms with Crippen molar-refractivity contribution in [3.05, 3.63) is 92.1 Å². The maximum atomic E-state index is 12.5. The first-order valence-corrected chi connectivity index (χ1v) is 9.35. The van der Waals surface area contributed by atoms with Crippen molar-refractivity contribution in [2.75, 3.05) is 7.05 Å². The van der Waals surface area contributed by atoms with Crippen LogP contribution in [0, 0.1) is 0 Å². The summed E-state index contributed by atoms with van der Waals surface area (Å²) < 4.78 is 1.05. The van der Waals surface area contributed by atoms with E-state index in [2.05, 4.69) is 15.9 Å². The summed E-state index contributed by atoms with van der Waals surface area (Å²) >= 11 is 5.04. The highest BCUT2D eigenvalue weighted by Crippen LogP contribution is 2.23. The van der Waals surface area contributed by atoms with Crippen LogP contribution in [0.25, 0.3) is 0 Å². The minimum absolute atomic E-state index is 0.0450. The van der Waals surface area contributed by atoms with Crippen LogP contribution in [0.5, 0.6) is 0 Å². The number of thiophene rings is 1. The Bertz CT molecular complexity index is 888. The Kier molecular flexibility index (Phi) is 5.46. The molecule has 0 fully saturated rings. The summed E-state index contributed by atoms with van der Waals surface area (Å²) in [5.74, 6) is -0.111. The van der Waals surface area contributed by atoms with Gasteiger partial charge < -0.3 is 4.90 Å². The highest BCUT2D eigenvalue weighted by Gasteiger charge is 2.14. The monoisotopic (exact) mass is 413 g/mol. The molecule has 1 aromatic heterocycles. The first-order valence-electron chi connectivity index (χ1n) is 7.74. The third-order valence-corrected chi connectivity index (χ3v) is 5.41. The van der Waals surface area contributed by atoms with E-state index in [0.29, 0.717) is 23.2 Å². The Morgan fingerprint density at radius 1 is 0.880 bits per heavy atom. The summed E-state index contributed by atoms with van der Waals surface area (Å²) in [6.45, 7) is 0.555. The molecule has 3 aromatic rings. The third-order valence-electron chi connectivity index (χ3n) is 3.80. The van der Waals surface area contributed by atoms with Gasteiger partial charge in [-0.2, -0.15) is 0 Å². The van der Waals surface area contributed by atoms with Crippen LogP contribution in [0.2, 0.25) is 0 Å². The van der Waals surface area contributed by atoms with Gasteiger partial charge in [0.25, 0.3) is 5.91 Å². The van der Waals surface area contributed by atoms with Crippen molar-refractivity contribution >= 4 is 39.0 Å². The van der Waals surface area contributed by atoms with Gasteiger partial charge >= 0.3 is 0 Å². The number of halogens is 1. The van der Waals surface area contributed by atoms with Crippen molar-refractivity contribution in [1.82, 2.24) is 4.90 Å². The fourth-order valence-electron chi connectivity index (χ4n) is 2.48. The van der Waals surface area contributed by atoms with E-state index in [1.54, 1.807) is 59.7 Å². The van der Waals surface area contributed by atoms with E-state index in [0.717, 1.165) is 8.66 Å². The quantitative estimate of drug-likeness (QED) is 0.551. The largest absolute Gasteiger partial charge is 0.337 e. The molecule has 5 heteroatoms. The zero-order valence-electron chi connectivity index (χ0n) is 13.6. The van der Waals surface area contributed by atoms with Crippen molar-refractivity contribution in [2.24, 2.45) is 0 Å². The van der Waals surface area contributed by atoms with E-state index < -0.39 is 0 Å². The minimum atomic E-state index is -0.0665. The third kappa shape index (κ3) is 4.24. The molecule has 3 rings (SSSR count). The normalized spacial score (nSPS) is 10.5. The second-order valence-corrected chi connectivity index (χ2v) is 8.19. The first-order chi connectivity index (χ1) is 12.0. The molecule has 0 unspecified atom stereocenters. The molecule has 3 nitrogen and oxygen atoms in total. The Labute approximate surface area is 159 Å². The fraction of sp³-hybridized carbons (Fsp3) is 0.100. The van der Waals surface area contributed by atoms with Crippen molar-refractivity contribution in [3.8, 4) is 0 Å². The lowest BCUT2D eigenvalue weighted by Crippen LogP contribution is -2.25. The van der Waals surface area contributed by atoms with Gasteiger partial charge in [0.1, 0.15) is 0 Å². The van der Waals surface area contributed by atoms with Gasteiger partial charge in [-0.1, -0.05) is 42.5 Å². The van der Waals surface area contributed by atoms with Gasteiger partial charge in [0.15, 0.2) is 5.78 Å². The van der Waals surface area contributed by atoms with Crippen LogP contribution in [-0.4, -0.2) is 23.6 Å². The molecule has 0 aliphatic carbocycles. The molecule has 0 aliphatic rings. The molecule has 0 spiro atoms. The van der Waals surface area contributed by atoms with Crippen LogP contribution in [0.1, 0.15) is 31.2 Å². The molecule has 0 saturated carbocycles. The van der Waals surface area contributed by atoms with E-state index in [4.69, 9.17) is 0 Å². The predicted octanol–water partition coefficient (Wildman–Crippen LogP) is 5.01. The summed E-state index contributed by atoms with van der Waals surface area (Å²) in [7, 11) is 1.78. The summed E-state index contributed by atoms with van der Waals surface area (Å²) in [5.41, 5.74) is 1.79. The first kappa shape index (κ1) is 17.6. The molecule has 0 aliphatic heterocycles. The van der Waals surface area contributed by atoms with Crippen LogP contribution >= 0.6 is 27.3 Å². The van der Waals surface area contributed by atoms with Gasteiger partial charge in [0.05, 0.1) is 10.3 Å². The van der Waals surface area contributed by atoms with E-state index in [1.165, 1.54) is 0 Å². The van der Waals surface area contributed by atoms with E-state index in [1.807, 2.05) is 30.3 Å². The summed E-state index contributed by atoms with van der Waals surface area (Å²) in [5, 5.41) is 0. The number of hydrogen-bond acceptors (Lipinski definition) is 3. The van der Waals surface area contributed by atoms with Crippen LogP contribution in [-0.2, 0) is 6.54 Å². The molecular formula is C20H16BrNO2S. The zero-order chi connectivity index (χ0) is 17.8. The standard InChI is InChI=1S/C20H16BrNO2S/c1-22(13-17-11-12-18(21)25-17)20(24)16-9-7-15(8-10-16)19(23)14-5-3-2-4-6-14/h2-12H,13H2,1H3. The Morgan fingerprint density at radius 2 is 1.48 bits per heavy atom. The van der Waals surface area contributed by atoms with Gasteiger partial charge in [0.2, 0.25) is 0 Å². The van der Waals surface area contributed by atoms with Gasteiger partial charge in [-0.15, -0.1) is 11.3 Å².